The Morgan fingerprint density at radius 3 is 2.90 bits per heavy atom. The van der Waals surface area contributed by atoms with Gasteiger partial charge in [-0.1, -0.05) is 6.07 Å². The lowest BCUT2D eigenvalue weighted by Crippen LogP contribution is -2.36. The third kappa shape index (κ3) is 4.07. The second kappa shape index (κ2) is 7.46. The SMILES string of the molecule is CCOC(=O)/C=C/c1ccc(N2CCOCC2)c(C#N)c1. The molecule has 5 nitrogen and oxygen atoms in total. The second-order valence-corrected chi connectivity index (χ2v) is 4.57. The van der Waals surface area contributed by atoms with E-state index in [1.807, 2.05) is 12.1 Å². The fourth-order valence-corrected chi connectivity index (χ4v) is 2.18. The van der Waals surface area contributed by atoms with Crippen molar-refractivity contribution in [2.75, 3.05) is 37.8 Å². The molecule has 0 aliphatic carbocycles. The molecule has 0 radical (unpaired) electrons. The van der Waals surface area contributed by atoms with Crippen LogP contribution in [-0.4, -0.2) is 38.9 Å². The van der Waals surface area contributed by atoms with Gasteiger partial charge in [0.2, 0.25) is 0 Å². The molecule has 0 N–H and O–H groups in total. The van der Waals surface area contributed by atoms with Crippen LogP contribution >= 0.6 is 0 Å². The maximum Gasteiger partial charge on any atom is 0.330 e. The van der Waals surface area contributed by atoms with Crippen molar-refractivity contribution in [3.8, 4) is 6.07 Å². The highest BCUT2D eigenvalue weighted by Gasteiger charge is 2.14. The largest absolute Gasteiger partial charge is 0.463 e. The monoisotopic (exact) mass is 286 g/mol. The summed E-state index contributed by atoms with van der Waals surface area (Å²) in [7, 11) is 0. The molecule has 110 valence electrons. The predicted molar refractivity (Wildman–Crippen MR) is 79.9 cm³/mol. The molecule has 1 heterocycles. The first kappa shape index (κ1) is 15.1. The Bertz CT molecular complexity index is 569. The fraction of sp³-hybridized carbons (Fsp3) is 0.375. The molecule has 1 aromatic rings. The fourth-order valence-electron chi connectivity index (χ4n) is 2.18. The summed E-state index contributed by atoms with van der Waals surface area (Å²) < 4.78 is 10.1. The maximum absolute atomic E-state index is 11.3. The number of morpholine rings is 1. The third-order valence-electron chi connectivity index (χ3n) is 3.19. The van der Waals surface area contributed by atoms with E-state index < -0.39 is 0 Å². The molecule has 1 aliphatic heterocycles. The summed E-state index contributed by atoms with van der Waals surface area (Å²) >= 11 is 0. The molecule has 5 heteroatoms. The summed E-state index contributed by atoms with van der Waals surface area (Å²) in [6, 6.07) is 7.79. The van der Waals surface area contributed by atoms with Crippen molar-refractivity contribution in [2.45, 2.75) is 6.92 Å². The zero-order chi connectivity index (χ0) is 15.1. The molecule has 0 aromatic heterocycles. The van der Waals surface area contributed by atoms with Gasteiger partial charge in [0.25, 0.3) is 0 Å². The van der Waals surface area contributed by atoms with Gasteiger partial charge in [0.05, 0.1) is 31.1 Å². The van der Waals surface area contributed by atoms with Crippen LogP contribution in [0.2, 0.25) is 0 Å². The molecule has 0 amide bonds. The number of nitrogens with zero attached hydrogens (tertiary/aromatic N) is 2. The molecular weight excluding hydrogens is 268 g/mol. The molecule has 21 heavy (non-hydrogen) atoms. The number of nitriles is 1. The van der Waals surface area contributed by atoms with Crippen molar-refractivity contribution in [3.05, 3.63) is 35.4 Å². The molecular formula is C16H18N2O3. The van der Waals surface area contributed by atoms with Gasteiger partial charge in [0.15, 0.2) is 0 Å². The van der Waals surface area contributed by atoms with Gasteiger partial charge in [-0.2, -0.15) is 5.26 Å². The average Bonchev–Trinajstić information content (AvgIpc) is 2.54. The lowest BCUT2D eigenvalue weighted by atomic mass is 10.1. The van der Waals surface area contributed by atoms with Gasteiger partial charge in [0.1, 0.15) is 6.07 Å². The van der Waals surface area contributed by atoms with Gasteiger partial charge in [-0.15, -0.1) is 0 Å². The molecule has 0 bridgehead atoms. The Morgan fingerprint density at radius 2 is 2.24 bits per heavy atom. The molecule has 0 atom stereocenters. The third-order valence-corrected chi connectivity index (χ3v) is 3.19. The zero-order valence-corrected chi connectivity index (χ0v) is 12.0. The Kier molecular flexibility index (Phi) is 5.35. The number of rotatable bonds is 4. The van der Waals surface area contributed by atoms with Crippen molar-refractivity contribution in [3.63, 3.8) is 0 Å². The normalized spacial score (nSPS) is 15.0. The summed E-state index contributed by atoms with van der Waals surface area (Å²) in [4.78, 5) is 13.4. The van der Waals surface area contributed by atoms with Crippen molar-refractivity contribution in [1.29, 1.82) is 5.26 Å². The number of hydrogen-bond donors (Lipinski definition) is 0. The van der Waals surface area contributed by atoms with E-state index in [-0.39, 0.29) is 5.97 Å². The quantitative estimate of drug-likeness (QED) is 0.625. The van der Waals surface area contributed by atoms with E-state index in [4.69, 9.17) is 9.47 Å². The molecule has 1 fully saturated rings. The molecule has 1 saturated heterocycles. The lowest BCUT2D eigenvalue weighted by molar-refractivity contribution is -0.137. The summed E-state index contributed by atoms with van der Waals surface area (Å²) in [6.07, 6.45) is 3.02. The van der Waals surface area contributed by atoms with Gasteiger partial charge in [0, 0.05) is 19.2 Å². The van der Waals surface area contributed by atoms with Crippen molar-refractivity contribution in [1.82, 2.24) is 0 Å². The Balaban J connectivity index is 2.16. The van der Waals surface area contributed by atoms with Crippen LogP contribution < -0.4 is 4.90 Å². The van der Waals surface area contributed by atoms with E-state index >= 15 is 0 Å². The van der Waals surface area contributed by atoms with Gasteiger partial charge in [-0.3, -0.25) is 0 Å². The first-order valence-electron chi connectivity index (χ1n) is 6.96. The Labute approximate surface area is 124 Å². The van der Waals surface area contributed by atoms with E-state index in [9.17, 15) is 10.1 Å². The molecule has 2 rings (SSSR count). The predicted octanol–water partition coefficient (Wildman–Crippen LogP) is 1.97. The number of carbonyl (C=O) groups is 1. The minimum absolute atomic E-state index is 0.350. The summed E-state index contributed by atoms with van der Waals surface area (Å²) in [6.45, 7) is 5.03. The van der Waals surface area contributed by atoms with Crippen LogP contribution in [0.25, 0.3) is 6.08 Å². The van der Waals surface area contributed by atoms with Crippen LogP contribution in [0.3, 0.4) is 0 Å². The summed E-state index contributed by atoms with van der Waals surface area (Å²) in [5.74, 6) is -0.381. The highest BCUT2D eigenvalue weighted by atomic mass is 16.5. The van der Waals surface area contributed by atoms with Crippen molar-refractivity contribution in [2.24, 2.45) is 0 Å². The minimum atomic E-state index is -0.381. The van der Waals surface area contributed by atoms with Crippen LogP contribution in [0.15, 0.2) is 24.3 Å². The number of ether oxygens (including phenoxy) is 2. The van der Waals surface area contributed by atoms with Crippen LogP contribution in [0.1, 0.15) is 18.1 Å². The van der Waals surface area contributed by atoms with Crippen molar-refractivity contribution >= 4 is 17.7 Å². The second-order valence-electron chi connectivity index (χ2n) is 4.57. The van der Waals surface area contributed by atoms with Crippen LogP contribution in [0.5, 0.6) is 0 Å². The number of esters is 1. The summed E-state index contributed by atoms with van der Waals surface area (Å²) in [5.41, 5.74) is 2.31. The smallest absolute Gasteiger partial charge is 0.330 e. The highest BCUT2D eigenvalue weighted by molar-refractivity contribution is 5.87. The van der Waals surface area contributed by atoms with E-state index in [0.29, 0.717) is 25.4 Å². The molecule has 0 saturated carbocycles. The standard InChI is InChI=1S/C16H18N2O3/c1-2-21-16(19)6-4-13-3-5-15(14(11-13)12-17)18-7-9-20-10-8-18/h3-6,11H,2,7-10H2,1H3/b6-4+. The van der Waals surface area contributed by atoms with Gasteiger partial charge >= 0.3 is 5.97 Å². The highest BCUT2D eigenvalue weighted by Crippen LogP contribution is 2.23. The summed E-state index contributed by atoms with van der Waals surface area (Å²) in [5, 5.41) is 9.31. The van der Waals surface area contributed by atoms with E-state index in [1.165, 1.54) is 6.08 Å². The van der Waals surface area contributed by atoms with Gasteiger partial charge < -0.3 is 14.4 Å². The van der Waals surface area contributed by atoms with Crippen LogP contribution in [-0.2, 0) is 14.3 Å². The zero-order valence-electron chi connectivity index (χ0n) is 12.0. The molecule has 1 aliphatic rings. The van der Waals surface area contributed by atoms with Gasteiger partial charge in [-0.25, -0.2) is 4.79 Å². The number of carbonyl (C=O) groups excluding carboxylic acids is 1. The average molecular weight is 286 g/mol. The topological polar surface area (TPSA) is 62.6 Å². The number of benzene rings is 1. The molecule has 1 aromatic carbocycles. The van der Waals surface area contributed by atoms with E-state index in [2.05, 4.69) is 11.0 Å². The van der Waals surface area contributed by atoms with Gasteiger partial charge in [-0.05, 0) is 30.7 Å². The first-order chi connectivity index (χ1) is 10.2. The van der Waals surface area contributed by atoms with Crippen LogP contribution in [0, 0.1) is 11.3 Å². The van der Waals surface area contributed by atoms with Crippen LogP contribution in [0.4, 0.5) is 5.69 Å². The van der Waals surface area contributed by atoms with Crippen molar-refractivity contribution < 1.29 is 14.3 Å². The minimum Gasteiger partial charge on any atom is -0.463 e. The lowest BCUT2D eigenvalue weighted by Gasteiger charge is -2.29. The van der Waals surface area contributed by atoms with E-state index in [0.717, 1.165) is 24.3 Å². The Morgan fingerprint density at radius 1 is 1.48 bits per heavy atom. The number of anilines is 1. The molecule has 0 spiro atoms. The van der Waals surface area contributed by atoms with E-state index in [1.54, 1.807) is 19.1 Å². The maximum atomic E-state index is 11.3. The Hall–Kier alpha value is -2.32. The first-order valence-corrected chi connectivity index (χ1v) is 6.96. The molecule has 0 unspecified atom stereocenters. The number of hydrogen-bond acceptors (Lipinski definition) is 5.